The van der Waals surface area contributed by atoms with Crippen LogP contribution in [0.25, 0.3) is 5.57 Å². The number of nitrogens with two attached hydrogens (primary N) is 1. The largest absolute Gasteiger partial charge is 0.444 e. The van der Waals surface area contributed by atoms with Crippen molar-refractivity contribution in [1.29, 1.82) is 5.41 Å². The van der Waals surface area contributed by atoms with Crippen LogP contribution in [0.1, 0.15) is 39.2 Å². The number of aromatic nitrogens is 2. The van der Waals surface area contributed by atoms with Crippen LogP contribution in [0, 0.1) is 11.3 Å². The van der Waals surface area contributed by atoms with Crippen molar-refractivity contribution in [1.82, 2.24) is 20.2 Å². The molecule has 0 aliphatic carbocycles. The predicted octanol–water partition coefficient (Wildman–Crippen LogP) is 2.33. The van der Waals surface area contributed by atoms with Gasteiger partial charge in [0.2, 0.25) is 5.95 Å². The highest BCUT2D eigenvalue weighted by molar-refractivity contribution is 6.10. The number of anilines is 2. The molecule has 5 N–H and O–H groups in total. The summed E-state index contributed by atoms with van der Waals surface area (Å²) in [4.78, 5) is 22.3. The maximum absolute atomic E-state index is 12.2. The van der Waals surface area contributed by atoms with Crippen LogP contribution in [0.4, 0.5) is 16.6 Å². The van der Waals surface area contributed by atoms with Crippen LogP contribution in [-0.2, 0) is 4.74 Å². The van der Waals surface area contributed by atoms with Crippen LogP contribution in [0.5, 0.6) is 0 Å². The van der Waals surface area contributed by atoms with Crippen LogP contribution in [0.15, 0.2) is 12.4 Å². The minimum absolute atomic E-state index is 0.180. The number of hydrogen-bond acceptors (Lipinski definition) is 8. The van der Waals surface area contributed by atoms with E-state index in [1.165, 1.54) is 6.21 Å². The van der Waals surface area contributed by atoms with Gasteiger partial charge >= 0.3 is 6.09 Å². The van der Waals surface area contributed by atoms with E-state index in [1.807, 2.05) is 20.8 Å². The van der Waals surface area contributed by atoms with E-state index in [4.69, 9.17) is 15.9 Å². The van der Waals surface area contributed by atoms with Crippen molar-refractivity contribution in [2.75, 3.05) is 37.7 Å². The van der Waals surface area contributed by atoms with Crippen molar-refractivity contribution in [3.63, 3.8) is 0 Å². The summed E-state index contributed by atoms with van der Waals surface area (Å²) in [7, 11) is 1.77. The number of nitrogens with zero attached hydrogens (tertiary/aromatic N) is 3. The van der Waals surface area contributed by atoms with E-state index >= 15 is 0 Å². The minimum atomic E-state index is -0.480. The lowest BCUT2D eigenvalue weighted by atomic mass is 9.97. The molecule has 28 heavy (non-hydrogen) atoms. The quantitative estimate of drug-likeness (QED) is 0.549. The molecule has 1 aliphatic heterocycles. The molecular formula is C19H31N7O2. The van der Waals surface area contributed by atoms with Gasteiger partial charge in [-0.2, -0.15) is 4.98 Å². The highest BCUT2D eigenvalue weighted by atomic mass is 16.6. The Bertz CT molecular complexity index is 719. The first-order valence-electron chi connectivity index (χ1n) is 9.46. The van der Waals surface area contributed by atoms with Crippen molar-refractivity contribution < 1.29 is 9.53 Å². The molecule has 0 unspecified atom stereocenters. The van der Waals surface area contributed by atoms with Gasteiger partial charge in [-0.15, -0.1) is 0 Å². The predicted molar refractivity (Wildman–Crippen MR) is 111 cm³/mol. The first kappa shape index (κ1) is 21.5. The fraction of sp³-hybridized carbons (Fsp3) is 0.579. The Labute approximate surface area is 166 Å². The lowest BCUT2D eigenvalue weighted by molar-refractivity contribution is 0.0188. The molecule has 0 radical (unpaired) electrons. The molecule has 9 heteroatoms. The van der Waals surface area contributed by atoms with E-state index in [0.29, 0.717) is 42.5 Å². The number of piperidine rings is 1. The normalized spacial score (nSPS) is 15.9. The highest BCUT2D eigenvalue weighted by Crippen LogP contribution is 2.23. The van der Waals surface area contributed by atoms with Gasteiger partial charge in [-0.25, -0.2) is 9.78 Å². The standard InChI is InChI=1S/C19H31N7O2/c1-19(2,3)28-18(27)26-7-5-13(6-8-26)10-23-16-15(12-24-17(21)25-16)14(9-20)11-22-4/h9,11-13,20,22H,5-8,10H2,1-4H3,(H3,21,23,24,25)/b14-11+,20-9?. The maximum atomic E-state index is 12.2. The molecule has 1 saturated heterocycles. The Morgan fingerprint density at radius 1 is 1.43 bits per heavy atom. The van der Waals surface area contributed by atoms with Gasteiger partial charge in [0.1, 0.15) is 11.4 Å². The highest BCUT2D eigenvalue weighted by Gasteiger charge is 2.27. The molecule has 0 spiro atoms. The fourth-order valence-corrected chi connectivity index (χ4v) is 2.98. The van der Waals surface area contributed by atoms with Crippen LogP contribution < -0.4 is 16.4 Å². The number of amides is 1. The third kappa shape index (κ3) is 6.11. The van der Waals surface area contributed by atoms with E-state index < -0.39 is 5.60 Å². The molecule has 0 aromatic carbocycles. The number of likely N-dealkylation sites (tertiary alicyclic amines) is 1. The molecule has 9 nitrogen and oxygen atoms in total. The zero-order valence-corrected chi connectivity index (χ0v) is 17.1. The van der Waals surface area contributed by atoms with E-state index in [1.54, 1.807) is 24.3 Å². The Kier molecular flexibility index (Phi) is 7.19. The molecule has 0 bridgehead atoms. The van der Waals surface area contributed by atoms with Gasteiger partial charge in [0, 0.05) is 56.4 Å². The fourth-order valence-electron chi connectivity index (χ4n) is 2.98. The number of carbonyl (C=O) groups is 1. The second-order valence-electron chi connectivity index (χ2n) is 7.81. The maximum Gasteiger partial charge on any atom is 0.410 e. The first-order valence-corrected chi connectivity index (χ1v) is 9.46. The molecule has 1 aliphatic rings. The van der Waals surface area contributed by atoms with Crippen LogP contribution in [-0.4, -0.2) is 59.5 Å². The van der Waals surface area contributed by atoms with Gasteiger partial charge in [-0.1, -0.05) is 0 Å². The molecule has 1 fully saturated rings. The molecule has 1 aromatic heterocycles. The summed E-state index contributed by atoms with van der Waals surface area (Å²) >= 11 is 0. The topological polar surface area (TPSA) is 129 Å². The molecule has 1 aromatic rings. The summed E-state index contributed by atoms with van der Waals surface area (Å²) in [6, 6.07) is 0. The molecule has 2 heterocycles. The Hall–Kier alpha value is -2.84. The average molecular weight is 390 g/mol. The number of allylic oxidation sites excluding steroid dienone is 1. The molecule has 154 valence electrons. The number of rotatable bonds is 6. The number of hydrogen-bond donors (Lipinski definition) is 4. The molecular weight excluding hydrogens is 358 g/mol. The third-order valence-electron chi connectivity index (χ3n) is 4.40. The Balaban J connectivity index is 1.95. The van der Waals surface area contributed by atoms with Crippen molar-refractivity contribution in [3.05, 3.63) is 18.0 Å². The van der Waals surface area contributed by atoms with E-state index in [9.17, 15) is 4.79 Å². The second kappa shape index (κ2) is 9.38. The van der Waals surface area contributed by atoms with Gasteiger partial charge in [0.05, 0.1) is 0 Å². The zero-order chi connectivity index (χ0) is 20.7. The monoisotopic (exact) mass is 389 g/mol. The summed E-state index contributed by atoms with van der Waals surface area (Å²) in [5, 5.41) is 13.9. The van der Waals surface area contributed by atoms with Gasteiger partial charge in [0.25, 0.3) is 0 Å². The first-order chi connectivity index (χ1) is 13.2. The van der Waals surface area contributed by atoms with Crippen LogP contribution in [0.2, 0.25) is 0 Å². The molecule has 0 atom stereocenters. The van der Waals surface area contributed by atoms with Crippen molar-refractivity contribution >= 4 is 29.6 Å². The zero-order valence-electron chi connectivity index (χ0n) is 17.1. The number of nitrogens with one attached hydrogen (secondary N) is 3. The molecule has 2 rings (SSSR count). The van der Waals surface area contributed by atoms with E-state index in [0.717, 1.165) is 12.8 Å². The van der Waals surface area contributed by atoms with Crippen LogP contribution >= 0.6 is 0 Å². The SMILES string of the molecule is CN/C=C(\C=N)c1cnc(N)nc1NCC1CCN(C(=O)OC(C)(C)C)CC1. The van der Waals surface area contributed by atoms with Crippen molar-refractivity contribution in [3.8, 4) is 0 Å². The third-order valence-corrected chi connectivity index (χ3v) is 4.40. The minimum Gasteiger partial charge on any atom is -0.444 e. The van der Waals surface area contributed by atoms with Crippen molar-refractivity contribution in [2.45, 2.75) is 39.2 Å². The number of carbonyl (C=O) groups excluding carboxylic acids is 1. The Morgan fingerprint density at radius 2 is 2.11 bits per heavy atom. The van der Waals surface area contributed by atoms with E-state index in [-0.39, 0.29) is 12.0 Å². The van der Waals surface area contributed by atoms with Crippen molar-refractivity contribution in [2.24, 2.45) is 5.92 Å². The summed E-state index contributed by atoms with van der Waals surface area (Å²) in [6.45, 7) is 7.67. The van der Waals surface area contributed by atoms with Gasteiger partial charge < -0.3 is 31.4 Å². The summed E-state index contributed by atoms with van der Waals surface area (Å²) in [5.74, 6) is 1.19. The number of nitrogen functional groups attached to an aromatic ring is 1. The lowest BCUT2D eigenvalue weighted by Crippen LogP contribution is -2.42. The lowest BCUT2D eigenvalue weighted by Gasteiger charge is -2.33. The summed E-state index contributed by atoms with van der Waals surface area (Å²) in [6.07, 6.45) is 6.09. The number of ether oxygens (including phenoxy) is 1. The van der Waals surface area contributed by atoms with Crippen LogP contribution in [0.3, 0.4) is 0 Å². The molecule has 1 amide bonds. The second-order valence-corrected chi connectivity index (χ2v) is 7.81. The summed E-state index contributed by atoms with van der Waals surface area (Å²) < 4.78 is 5.44. The Morgan fingerprint density at radius 3 is 2.68 bits per heavy atom. The van der Waals surface area contributed by atoms with Gasteiger partial charge in [-0.05, 0) is 39.5 Å². The van der Waals surface area contributed by atoms with E-state index in [2.05, 4.69) is 20.6 Å². The van der Waals surface area contributed by atoms with Gasteiger partial charge in [-0.3, -0.25) is 0 Å². The summed E-state index contributed by atoms with van der Waals surface area (Å²) in [5.41, 5.74) is 6.63. The average Bonchev–Trinajstić information content (AvgIpc) is 2.64. The van der Waals surface area contributed by atoms with Gasteiger partial charge in [0.15, 0.2) is 0 Å². The molecule has 0 saturated carbocycles. The smallest absolute Gasteiger partial charge is 0.410 e.